The first-order chi connectivity index (χ1) is 8.02. The van der Waals surface area contributed by atoms with Crippen LogP contribution in [0.15, 0.2) is 11.4 Å². The number of aliphatic carboxylic acids is 1. The molecule has 0 fully saturated rings. The quantitative estimate of drug-likeness (QED) is 0.878. The van der Waals surface area contributed by atoms with Gasteiger partial charge in [0.25, 0.3) is 5.91 Å². The normalized spacial score (nSPS) is 12.2. The Morgan fingerprint density at radius 3 is 2.59 bits per heavy atom. The van der Waals surface area contributed by atoms with Gasteiger partial charge in [0.05, 0.1) is 4.88 Å². The summed E-state index contributed by atoms with van der Waals surface area (Å²) in [4.78, 5) is 25.1. The van der Waals surface area contributed by atoms with E-state index < -0.39 is 12.0 Å². The fourth-order valence-electron chi connectivity index (χ4n) is 1.72. The van der Waals surface area contributed by atoms with Gasteiger partial charge in [-0.2, -0.15) is 0 Å². The molecule has 94 valence electrons. The second-order valence-electron chi connectivity index (χ2n) is 3.81. The number of nitrogens with zero attached hydrogens (tertiary/aromatic N) is 1. The Kier molecular flexibility index (Phi) is 4.69. The van der Waals surface area contributed by atoms with E-state index in [2.05, 4.69) is 0 Å². The van der Waals surface area contributed by atoms with E-state index in [0.717, 1.165) is 12.0 Å². The average Bonchev–Trinajstić information content (AvgIpc) is 2.76. The molecule has 0 bridgehead atoms. The lowest BCUT2D eigenvalue weighted by Gasteiger charge is -2.23. The molecule has 0 aliphatic heterocycles. The van der Waals surface area contributed by atoms with Gasteiger partial charge in [-0.3, -0.25) is 4.79 Å². The van der Waals surface area contributed by atoms with Crippen molar-refractivity contribution in [1.29, 1.82) is 0 Å². The van der Waals surface area contributed by atoms with Crippen LogP contribution in [0.3, 0.4) is 0 Å². The summed E-state index contributed by atoms with van der Waals surface area (Å²) in [5.74, 6) is -1.16. The molecule has 1 amide bonds. The summed E-state index contributed by atoms with van der Waals surface area (Å²) in [6.07, 6.45) is 1.19. The molecule has 5 heteroatoms. The molecule has 0 radical (unpaired) electrons. The van der Waals surface area contributed by atoms with Crippen molar-refractivity contribution in [3.05, 3.63) is 21.9 Å². The molecule has 17 heavy (non-hydrogen) atoms. The lowest BCUT2D eigenvalue weighted by Crippen LogP contribution is -2.41. The molecule has 0 aliphatic rings. The molecule has 1 N–H and O–H groups in total. The molecule has 0 saturated carbocycles. The van der Waals surface area contributed by atoms with Crippen molar-refractivity contribution in [2.45, 2.75) is 32.7 Å². The highest BCUT2D eigenvalue weighted by Gasteiger charge is 2.27. The standard InChI is InChI=1S/C12H17NO3S/c1-4-8-6-7-17-10(8)11(14)13(3)9(5-2)12(15)16/h6-7,9H,4-5H2,1-3H3,(H,15,16). The molecule has 4 nitrogen and oxygen atoms in total. The number of carboxylic acids is 1. The second kappa shape index (κ2) is 5.82. The van der Waals surface area contributed by atoms with Crippen LogP contribution in [-0.2, 0) is 11.2 Å². The molecule has 0 aromatic carbocycles. The maximum absolute atomic E-state index is 12.2. The third kappa shape index (κ3) is 2.85. The zero-order chi connectivity index (χ0) is 13.0. The van der Waals surface area contributed by atoms with Crippen LogP contribution in [0.1, 0.15) is 35.5 Å². The van der Waals surface area contributed by atoms with Crippen LogP contribution < -0.4 is 0 Å². The molecule has 0 spiro atoms. The van der Waals surface area contributed by atoms with Crippen molar-refractivity contribution in [3.8, 4) is 0 Å². The molecule has 1 aromatic heterocycles. The van der Waals surface area contributed by atoms with E-state index in [4.69, 9.17) is 5.11 Å². The van der Waals surface area contributed by atoms with E-state index in [0.29, 0.717) is 11.3 Å². The third-order valence-corrected chi connectivity index (χ3v) is 3.73. The van der Waals surface area contributed by atoms with Gasteiger partial charge in [-0.1, -0.05) is 13.8 Å². The summed E-state index contributed by atoms with van der Waals surface area (Å²) in [6.45, 7) is 3.74. The second-order valence-corrected chi connectivity index (χ2v) is 4.72. The Bertz CT molecular complexity index is 414. The summed E-state index contributed by atoms with van der Waals surface area (Å²) < 4.78 is 0. The van der Waals surface area contributed by atoms with Crippen molar-refractivity contribution in [1.82, 2.24) is 4.90 Å². The van der Waals surface area contributed by atoms with Crippen molar-refractivity contribution < 1.29 is 14.7 Å². The molecule has 1 aromatic rings. The lowest BCUT2D eigenvalue weighted by atomic mass is 10.1. The van der Waals surface area contributed by atoms with Gasteiger partial charge in [-0.25, -0.2) is 4.79 Å². The Morgan fingerprint density at radius 2 is 2.12 bits per heavy atom. The fourth-order valence-corrected chi connectivity index (χ4v) is 2.69. The predicted molar refractivity (Wildman–Crippen MR) is 67.5 cm³/mol. The molecule has 0 aliphatic carbocycles. The summed E-state index contributed by atoms with van der Waals surface area (Å²) in [5, 5.41) is 10.9. The van der Waals surface area contributed by atoms with Crippen LogP contribution >= 0.6 is 11.3 Å². The number of carboxylic acid groups (broad SMARTS) is 1. The van der Waals surface area contributed by atoms with Crippen molar-refractivity contribution in [3.63, 3.8) is 0 Å². The maximum atomic E-state index is 12.2. The highest BCUT2D eigenvalue weighted by atomic mass is 32.1. The van der Waals surface area contributed by atoms with Crippen LogP contribution in [0.5, 0.6) is 0 Å². The SMILES string of the molecule is CCc1ccsc1C(=O)N(C)C(CC)C(=O)O. The van der Waals surface area contributed by atoms with Gasteiger partial charge < -0.3 is 10.0 Å². The van der Waals surface area contributed by atoms with Gasteiger partial charge in [0.2, 0.25) is 0 Å². The number of rotatable bonds is 5. The van der Waals surface area contributed by atoms with Crippen molar-refractivity contribution in [2.24, 2.45) is 0 Å². The molecule has 1 heterocycles. The topological polar surface area (TPSA) is 57.6 Å². The van der Waals surface area contributed by atoms with Gasteiger partial charge in [0, 0.05) is 7.05 Å². The minimum Gasteiger partial charge on any atom is -0.480 e. The number of thiophene rings is 1. The number of aryl methyl sites for hydroxylation is 1. The number of hydrogen-bond acceptors (Lipinski definition) is 3. The zero-order valence-electron chi connectivity index (χ0n) is 10.3. The van der Waals surface area contributed by atoms with E-state index in [9.17, 15) is 9.59 Å². The van der Waals surface area contributed by atoms with Crippen LogP contribution in [0.4, 0.5) is 0 Å². The van der Waals surface area contributed by atoms with Crippen molar-refractivity contribution in [2.75, 3.05) is 7.05 Å². The number of amides is 1. The summed E-state index contributed by atoms with van der Waals surface area (Å²) >= 11 is 1.37. The van der Waals surface area contributed by atoms with Crippen LogP contribution in [0.2, 0.25) is 0 Å². The number of hydrogen-bond donors (Lipinski definition) is 1. The smallest absolute Gasteiger partial charge is 0.326 e. The van der Waals surface area contributed by atoms with Gasteiger partial charge >= 0.3 is 5.97 Å². The Labute approximate surface area is 105 Å². The first kappa shape index (κ1) is 13.7. The molecule has 1 atom stereocenters. The summed E-state index contributed by atoms with van der Waals surface area (Å²) in [5.41, 5.74) is 0.979. The van der Waals surface area contributed by atoms with Crippen molar-refractivity contribution >= 4 is 23.2 Å². The van der Waals surface area contributed by atoms with E-state index in [1.165, 1.54) is 16.2 Å². The Balaban J connectivity index is 2.93. The monoisotopic (exact) mass is 255 g/mol. The highest BCUT2D eigenvalue weighted by molar-refractivity contribution is 7.12. The van der Waals surface area contributed by atoms with E-state index in [-0.39, 0.29) is 5.91 Å². The molecule has 1 rings (SSSR count). The predicted octanol–water partition coefficient (Wildman–Crippen LogP) is 2.25. The van der Waals surface area contributed by atoms with E-state index >= 15 is 0 Å². The molecular formula is C12H17NO3S. The zero-order valence-corrected chi connectivity index (χ0v) is 11.1. The van der Waals surface area contributed by atoms with E-state index in [1.807, 2.05) is 18.4 Å². The first-order valence-corrected chi connectivity index (χ1v) is 6.47. The van der Waals surface area contributed by atoms with Gasteiger partial charge in [-0.05, 0) is 29.9 Å². The van der Waals surface area contributed by atoms with Crippen LogP contribution in [0, 0.1) is 0 Å². The first-order valence-electron chi connectivity index (χ1n) is 5.59. The lowest BCUT2D eigenvalue weighted by molar-refractivity contribution is -0.142. The van der Waals surface area contributed by atoms with Crippen LogP contribution in [0.25, 0.3) is 0 Å². The average molecular weight is 255 g/mol. The largest absolute Gasteiger partial charge is 0.480 e. The minimum atomic E-state index is -0.960. The maximum Gasteiger partial charge on any atom is 0.326 e. The minimum absolute atomic E-state index is 0.203. The molecule has 0 saturated heterocycles. The highest BCUT2D eigenvalue weighted by Crippen LogP contribution is 2.20. The third-order valence-electron chi connectivity index (χ3n) is 2.78. The Hall–Kier alpha value is -1.36. The number of likely N-dealkylation sites (N-methyl/N-ethyl adjacent to an activating group) is 1. The van der Waals surface area contributed by atoms with Gasteiger partial charge in [0.15, 0.2) is 0 Å². The number of carbonyl (C=O) groups is 2. The van der Waals surface area contributed by atoms with Gasteiger partial charge in [0.1, 0.15) is 6.04 Å². The van der Waals surface area contributed by atoms with E-state index in [1.54, 1.807) is 14.0 Å². The molecule has 1 unspecified atom stereocenters. The summed E-state index contributed by atoms with van der Waals surface area (Å²) in [7, 11) is 1.55. The fraction of sp³-hybridized carbons (Fsp3) is 0.500. The Morgan fingerprint density at radius 1 is 1.47 bits per heavy atom. The molecular weight excluding hydrogens is 238 g/mol. The van der Waals surface area contributed by atoms with Crippen LogP contribution in [-0.4, -0.2) is 35.0 Å². The number of carbonyl (C=O) groups excluding carboxylic acids is 1. The van der Waals surface area contributed by atoms with Gasteiger partial charge in [-0.15, -0.1) is 11.3 Å². The summed E-state index contributed by atoms with van der Waals surface area (Å²) in [6, 6.07) is 1.15.